The quantitative estimate of drug-likeness (QED) is 0.409. The van der Waals surface area contributed by atoms with E-state index in [-0.39, 0.29) is 17.2 Å². The van der Waals surface area contributed by atoms with Crippen LogP contribution in [0.3, 0.4) is 0 Å². The first-order valence-electron chi connectivity index (χ1n) is 5.94. The normalized spacial score (nSPS) is 13.7. The molecule has 0 fully saturated rings. The molecule has 2 rings (SSSR count). The van der Waals surface area contributed by atoms with Crippen LogP contribution in [0.4, 0.5) is 17.1 Å². The molecule has 2 unspecified atom stereocenters. The Bertz CT molecular complexity index is 766. The van der Waals surface area contributed by atoms with Gasteiger partial charge in [-0.1, -0.05) is 0 Å². The zero-order chi connectivity index (χ0) is 16.8. The van der Waals surface area contributed by atoms with Gasteiger partial charge in [-0.15, -0.1) is 0 Å². The predicted molar refractivity (Wildman–Crippen MR) is 84.3 cm³/mol. The number of azo groups is 1. The fraction of sp³-hybridized carbons (Fsp3) is 0. The first-order valence-corrected chi connectivity index (χ1v) is 8.00. The number of nitrogens with two attached hydrogens (primary N) is 1. The minimum absolute atomic E-state index is 0.0106. The van der Waals surface area contributed by atoms with Crippen molar-refractivity contribution in [3.63, 3.8) is 0 Å². The molecule has 0 aromatic heterocycles. The van der Waals surface area contributed by atoms with Gasteiger partial charge in [-0.2, -0.15) is 18.6 Å². The third-order valence-corrected chi connectivity index (χ3v) is 3.10. The first-order chi connectivity index (χ1) is 10.9. The van der Waals surface area contributed by atoms with Crippen molar-refractivity contribution in [2.75, 3.05) is 5.73 Å². The summed E-state index contributed by atoms with van der Waals surface area (Å²) in [6.07, 6.45) is 0. The van der Waals surface area contributed by atoms with Gasteiger partial charge in [0.15, 0.2) is 5.75 Å². The fourth-order valence-corrected chi connectivity index (χ4v) is 2.07. The number of hydrogen-bond acceptors (Lipinski definition) is 7. The van der Waals surface area contributed by atoms with E-state index in [1.54, 1.807) is 6.07 Å². The number of rotatable bonds is 6. The van der Waals surface area contributed by atoms with Crippen molar-refractivity contribution in [1.82, 2.24) is 0 Å². The predicted octanol–water partition coefficient (Wildman–Crippen LogP) is 2.72. The number of hydrogen-bond donors (Lipinski definition) is 3. The van der Waals surface area contributed by atoms with Gasteiger partial charge in [0.2, 0.25) is 0 Å². The highest BCUT2D eigenvalue weighted by Crippen LogP contribution is 2.29. The Labute approximate surface area is 136 Å². The van der Waals surface area contributed by atoms with Crippen LogP contribution in [0.2, 0.25) is 0 Å². The van der Waals surface area contributed by atoms with Crippen molar-refractivity contribution < 1.29 is 25.9 Å². The summed E-state index contributed by atoms with van der Waals surface area (Å²) in [5.74, 6) is 0.217. The van der Waals surface area contributed by atoms with E-state index in [9.17, 15) is 8.42 Å². The van der Waals surface area contributed by atoms with Crippen LogP contribution >= 0.6 is 0 Å². The smallest absolute Gasteiger partial charge is 0.357 e. The third kappa shape index (κ3) is 5.41. The van der Waals surface area contributed by atoms with Crippen LogP contribution in [-0.4, -0.2) is 17.5 Å². The number of nitrogen functional groups attached to an aromatic ring is 1. The molecule has 0 bridgehead atoms. The Morgan fingerprint density at radius 2 is 1.43 bits per heavy atom. The van der Waals surface area contributed by atoms with Crippen molar-refractivity contribution in [1.29, 1.82) is 0 Å². The molecule has 23 heavy (non-hydrogen) atoms. The van der Waals surface area contributed by atoms with Crippen LogP contribution in [0.5, 0.6) is 11.5 Å². The second-order valence-corrected chi connectivity index (χ2v) is 5.22. The lowest BCUT2D eigenvalue weighted by atomic mass is 10.2. The Morgan fingerprint density at radius 1 is 0.870 bits per heavy atom. The van der Waals surface area contributed by atoms with Crippen molar-refractivity contribution in [3.05, 3.63) is 42.5 Å². The van der Waals surface area contributed by atoms with Gasteiger partial charge in [0.05, 0.1) is 17.1 Å². The van der Waals surface area contributed by atoms with Crippen molar-refractivity contribution >= 4 is 39.8 Å². The summed E-state index contributed by atoms with van der Waals surface area (Å²) in [6, 6.07) is 10.3. The van der Waals surface area contributed by atoms with Gasteiger partial charge < -0.3 is 14.1 Å². The van der Waals surface area contributed by atoms with Gasteiger partial charge in [0.25, 0.3) is 0 Å². The molecule has 0 aliphatic heterocycles. The van der Waals surface area contributed by atoms with E-state index in [4.69, 9.17) is 14.8 Å². The topological polar surface area (TPSA) is 144 Å². The van der Waals surface area contributed by atoms with Crippen LogP contribution in [-0.2, 0) is 22.7 Å². The SMILES string of the molecule is Nc1ccc(N=Nc2ccc(OS(=O)O)cc2)cc1OS(=O)O. The zero-order valence-electron chi connectivity index (χ0n) is 11.4. The van der Waals surface area contributed by atoms with Gasteiger partial charge in [0, 0.05) is 6.07 Å². The second-order valence-electron chi connectivity index (χ2n) is 4.02. The lowest BCUT2D eigenvalue weighted by Gasteiger charge is -2.04. The molecule has 2 aromatic rings. The van der Waals surface area contributed by atoms with Crippen LogP contribution in [0.15, 0.2) is 52.7 Å². The van der Waals surface area contributed by atoms with Gasteiger partial charge in [-0.05, 0) is 36.4 Å². The summed E-state index contributed by atoms with van der Waals surface area (Å²) in [6.45, 7) is 0. The van der Waals surface area contributed by atoms with Crippen LogP contribution in [0, 0.1) is 0 Å². The lowest BCUT2D eigenvalue weighted by molar-refractivity contribution is 0.457. The highest BCUT2D eigenvalue weighted by Gasteiger charge is 2.05. The van der Waals surface area contributed by atoms with E-state index in [0.717, 1.165) is 0 Å². The molecule has 4 N–H and O–H groups in total. The van der Waals surface area contributed by atoms with Gasteiger partial charge in [-0.3, -0.25) is 9.11 Å². The summed E-state index contributed by atoms with van der Waals surface area (Å²) < 4.78 is 47.6. The van der Waals surface area contributed by atoms with Crippen LogP contribution in [0.1, 0.15) is 0 Å². The van der Waals surface area contributed by atoms with Gasteiger partial charge in [-0.25, -0.2) is 0 Å². The molecule has 2 aromatic carbocycles. The number of anilines is 1. The molecule has 0 spiro atoms. The zero-order valence-corrected chi connectivity index (χ0v) is 13.0. The van der Waals surface area contributed by atoms with Crippen molar-refractivity contribution in [2.24, 2.45) is 10.2 Å². The third-order valence-electron chi connectivity index (χ3n) is 2.44. The van der Waals surface area contributed by atoms with E-state index in [1.165, 1.54) is 36.4 Å². The average Bonchev–Trinajstić information content (AvgIpc) is 2.48. The first kappa shape index (κ1) is 17.0. The Morgan fingerprint density at radius 3 is 2.04 bits per heavy atom. The van der Waals surface area contributed by atoms with E-state index in [0.29, 0.717) is 11.4 Å². The minimum Gasteiger partial charge on any atom is -0.396 e. The molecule has 0 saturated carbocycles. The molecule has 9 nitrogen and oxygen atoms in total. The molecule has 0 aliphatic rings. The van der Waals surface area contributed by atoms with Crippen molar-refractivity contribution in [2.45, 2.75) is 0 Å². The monoisotopic (exact) mass is 357 g/mol. The largest absolute Gasteiger partial charge is 0.396 e. The van der Waals surface area contributed by atoms with E-state index in [2.05, 4.69) is 18.6 Å². The summed E-state index contributed by atoms with van der Waals surface area (Å²) >= 11 is -4.89. The Hall–Kier alpha value is -2.34. The van der Waals surface area contributed by atoms with Gasteiger partial charge >= 0.3 is 22.7 Å². The standard InChI is InChI=1S/C12H11N3O6S2/c13-11-6-3-9(7-12(11)21-23(18)19)15-14-8-1-4-10(5-2-8)20-22(16)17/h1-7H,13H2,(H,16,17)(H,18,19). The molecule has 0 radical (unpaired) electrons. The fourth-order valence-electron chi connectivity index (χ4n) is 1.50. The Balaban J connectivity index is 2.13. The average molecular weight is 357 g/mol. The number of nitrogens with zero attached hydrogens (tertiary/aromatic N) is 2. The molecule has 11 heteroatoms. The molecule has 0 aliphatic carbocycles. The molecule has 2 atom stereocenters. The molecule has 0 saturated heterocycles. The van der Waals surface area contributed by atoms with E-state index in [1.807, 2.05) is 0 Å². The summed E-state index contributed by atoms with van der Waals surface area (Å²) in [5, 5.41) is 7.88. The number of benzene rings is 2. The summed E-state index contributed by atoms with van der Waals surface area (Å²) in [5.41, 5.74) is 6.61. The van der Waals surface area contributed by atoms with Crippen LogP contribution < -0.4 is 14.1 Å². The maximum absolute atomic E-state index is 10.6. The van der Waals surface area contributed by atoms with Gasteiger partial charge in [0.1, 0.15) is 5.75 Å². The molecule has 122 valence electrons. The summed E-state index contributed by atoms with van der Waals surface area (Å²) in [7, 11) is 0. The van der Waals surface area contributed by atoms with Crippen LogP contribution in [0.25, 0.3) is 0 Å². The van der Waals surface area contributed by atoms with Crippen molar-refractivity contribution in [3.8, 4) is 11.5 Å². The molecular weight excluding hydrogens is 346 g/mol. The maximum atomic E-state index is 10.6. The highest BCUT2D eigenvalue weighted by molar-refractivity contribution is 7.74. The van der Waals surface area contributed by atoms with E-state index >= 15 is 0 Å². The Kier molecular flexibility index (Phi) is 5.76. The highest BCUT2D eigenvalue weighted by atomic mass is 32.2. The summed E-state index contributed by atoms with van der Waals surface area (Å²) in [4.78, 5) is 0. The van der Waals surface area contributed by atoms with E-state index < -0.39 is 22.7 Å². The minimum atomic E-state index is -2.49. The molecule has 0 heterocycles. The molecule has 0 amide bonds. The maximum Gasteiger partial charge on any atom is 0.357 e. The second kappa shape index (κ2) is 7.78. The lowest BCUT2D eigenvalue weighted by Crippen LogP contribution is -2.00. The molecular formula is C12H11N3O6S2.